The molecular formula is C22H28N2O6S. The maximum atomic E-state index is 13.0. The SMILES string of the molecule is CCOC(=O)/C=c1\s/c(=C\c2cc(OC)cc(OC)c2)c(=O)n1CC(=O)NCC(C)C. The summed E-state index contributed by atoms with van der Waals surface area (Å²) in [7, 11) is 3.08. The number of methoxy groups -OCH3 is 2. The molecule has 0 aliphatic heterocycles. The van der Waals surface area contributed by atoms with Crippen LogP contribution in [0.5, 0.6) is 11.5 Å². The molecule has 31 heavy (non-hydrogen) atoms. The fourth-order valence-corrected chi connectivity index (χ4v) is 3.69. The number of ether oxygens (including phenoxy) is 3. The number of nitrogens with zero attached hydrogens (tertiary/aromatic N) is 1. The van der Waals surface area contributed by atoms with Crippen LogP contribution in [-0.2, 0) is 20.9 Å². The van der Waals surface area contributed by atoms with Gasteiger partial charge in [-0.3, -0.25) is 14.2 Å². The summed E-state index contributed by atoms with van der Waals surface area (Å²) in [4.78, 5) is 37.4. The molecule has 2 rings (SSSR count). The maximum absolute atomic E-state index is 13.0. The lowest BCUT2D eigenvalue weighted by Crippen LogP contribution is -2.39. The number of carbonyl (C=O) groups is 2. The van der Waals surface area contributed by atoms with Gasteiger partial charge in [-0.05, 0) is 36.6 Å². The van der Waals surface area contributed by atoms with Gasteiger partial charge in [0.05, 0.1) is 31.4 Å². The number of rotatable bonds is 9. The molecule has 1 aromatic heterocycles. The first-order valence-corrected chi connectivity index (χ1v) is 10.7. The smallest absolute Gasteiger partial charge is 0.333 e. The lowest BCUT2D eigenvalue weighted by molar-refractivity contribution is -0.135. The Morgan fingerprint density at radius 3 is 2.35 bits per heavy atom. The summed E-state index contributed by atoms with van der Waals surface area (Å²) in [6.07, 6.45) is 2.90. The van der Waals surface area contributed by atoms with Crippen LogP contribution < -0.4 is 29.5 Å². The monoisotopic (exact) mass is 448 g/mol. The van der Waals surface area contributed by atoms with Crippen LogP contribution in [0.15, 0.2) is 23.0 Å². The van der Waals surface area contributed by atoms with Gasteiger partial charge in [0.25, 0.3) is 5.56 Å². The van der Waals surface area contributed by atoms with Crippen molar-refractivity contribution in [2.75, 3.05) is 27.4 Å². The van der Waals surface area contributed by atoms with Gasteiger partial charge >= 0.3 is 5.97 Å². The number of hydrogen-bond acceptors (Lipinski definition) is 7. The topological polar surface area (TPSA) is 95.9 Å². The summed E-state index contributed by atoms with van der Waals surface area (Å²) >= 11 is 1.11. The van der Waals surface area contributed by atoms with E-state index in [0.717, 1.165) is 11.3 Å². The first-order chi connectivity index (χ1) is 14.8. The van der Waals surface area contributed by atoms with E-state index in [9.17, 15) is 14.4 Å². The third-order valence-electron chi connectivity index (χ3n) is 4.15. The van der Waals surface area contributed by atoms with Crippen molar-refractivity contribution < 1.29 is 23.8 Å². The van der Waals surface area contributed by atoms with E-state index in [1.54, 1.807) is 45.4 Å². The van der Waals surface area contributed by atoms with Crippen LogP contribution in [0.4, 0.5) is 0 Å². The second-order valence-corrected chi connectivity index (χ2v) is 8.14. The third-order valence-corrected chi connectivity index (χ3v) is 5.20. The molecule has 0 fully saturated rings. The largest absolute Gasteiger partial charge is 0.497 e. The molecule has 2 aromatic rings. The summed E-state index contributed by atoms with van der Waals surface area (Å²) in [6, 6.07) is 5.25. The Morgan fingerprint density at radius 2 is 1.81 bits per heavy atom. The summed E-state index contributed by atoms with van der Waals surface area (Å²) in [6.45, 7) is 6.17. The molecule has 9 heteroatoms. The van der Waals surface area contributed by atoms with Gasteiger partial charge in [-0.1, -0.05) is 13.8 Å². The minimum Gasteiger partial charge on any atom is -0.497 e. The summed E-state index contributed by atoms with van der Waals surface area (Å²) < 4.78 is 17.5. The minimum absolute atomic E-state index is 0.192. The Balaban J connectivity index is 2.56. The molecule has 0 bridgehead atoms. The predicted octanol–water partition coefficient (Wildman–Crippen LogP) is 0.872. The van der Waals surface area contributed by atoms with Crippen molar-refractivity contribution in [1.82, 2.24) is 9.88 Å². The molecule has 0 radical (unpaired) electrons. The number of nitrogens with one attached hydrogen (secondary N) is 1. The van der Waals surface area contributed by atoms with Crippen molar-refractivity contribution >= 4 is 35.4 Å². The molecular weight excluding hydrogens is 420 g/mol. The zero-order chi connectivity index (χ0) is 23.0. The predicted molar refractivity (Wildman–Crippen MR) is 120 cm³/mol. The first-order valence-electron chi connectivity index (χ1n) is 9.87. The highest BCUT2D eigenvalue weighted by Gasteiger charge is 2.12. The molecule has 1 aromatic carbocycles. The maximum Gasteiger partial charge on any atom is 0.333 e. The van der Waals surface area contributed by atoms with E-state index in [-0.39, 0.29) is 30.5 Å². The highest BCUT2D eigenvalue weighted by molar-refractivity contribution is 7.07. The second kappa shape index (κ2) is 11.4. The van der Waals surface area contributed by atoms with E-state index < -0.39 is 5.97 Å². The average molecular weight is 449 g/mol. The van der Waals surface area contributed by atoms with Gasteiger partial charge in [-0.2, -0.15) is 0 Å². The van der Waals surface area contributed by atoms with Crippen molar-refractivity contribution in [2.24, 2.45) is 5.92 Å². The van der Waals surface area contributed by atoms with Gasteiger partial charge in [0.2, 0.25) is 5.91 Å². The van der Waals surface area contributed by atoms with Crippen LogP contribution in [0.2, 0.25) is 0 Å². The van der Waals surface area contributed by atoms with Crippen molar-refractivity contribution in [3.05, 3.63) is 43.3 Å². The van der Waals surface area contributed by atoms with Crippen LogP contribution >= 0.6 is 11.3 Å². The van der Waals surface area contributed by atoms with E-state index in [0.29, 0.717) is 32.8 Å². The average Bonchev–Trinajstić information content (AvgIpc) is 3.00. The van der Waals surface area contributed by atoms with Crippen LogP contribution in [0.3, 0.4) is 0 Å². The fourth-order valence-electron chi connectivity index (χ4n) is 2.66. The molecule has 168 valence electrons. The molecule has 0 saturated heterocycles. The number of thiazole rings is 1. The number of amides is 1. The standard InChI is InChI=1S/C22H28N2O6S/c1-6-30-21(26)11-20-24(13-19(25)23-12-14(2)3)22(27)18(31-20)9-15-7-16(28-4)10-17(8-15)29-5/h7-11,14H,6,12-13H2,1-5H3,(H,23,25)/b18-9-,20-11-. The van der Waals surface area contributed by atoms with Crippen LogP contribution in [0.1, 0.15) is 26.3 Å². The van der Waals surface area contributed by atoms with Crippen LogP contribution in [0, 0.1) is 5.92 Å². The van der Waals surface area contributed by atoms with Crippen LogP contribution in [0.25, 0.3) is 12.2 Å². The van der Waals surface area contributed by atoms with E-state index >= 15 is 0 Å². The molecule has 0 aliphatic rings. The Bertz CT molecular complexity index is 1080. The number of carbonyl (C=O) groups excluding carboxylic acids is 2. The normalized spacial score (nSPS) is 12.2. The Morgan fingerprint density at radius 1 is 1.16 bits per heavy atom. The van der Waals surface area contributed by atoms with Gasteiger partial charge in [0, 0.05) is 12.6 Å². The number of benzene rings is 1. The molecule has 0 aliphatic carbocycles. The fraction of sp³-hybridized carbons (Fsp3) is 0.409. The summed E-state index contributed by atoms with van der Waals surface area (Å²) in [5.41, 5.74) is 0.315. The van der Waals surface area contributed by atoms with Crippen LogP contribution in [-0.4, -0.2) is 43.8 Å². The molecule has 1 amide bonds. The van der Waals surface area contributed by atoms with Gasteiger partial charge in [0.1, 0.15) is 22.7 Å². The van der Waals surface area contributed by atoms with Gasteiger partial charge in [-0.25, -0.2) is 4.79 Å². The molecule has 0 saturated carbocycles. The van der Waals surface area contributed by atoms with Crippen molar-refractivity contribution in [1.29, 1.82) is 0 Å². The van der Waals surface area contributed by atoms with E-state index in [4.69, 9.17) is 14.2 Å². The zero-order valence-electron chi connectivity index (χ0n) is 18.4. The van der Waals surface area contributed by atoms with Crippen molar-refractivity contribution in [2.45, 2.75) is 27.3 Å². The summed E-state index contributed by atoms with van der Waals surface area (Å²) in [5, 5.41) is 2.79. The molecule has 1 heterocycles. The summed E-state index contributed by atoms with van der Waals surface area (Å²) in [5.74, 6) is 0.555. The van der Waals surface area contributed by atoms with Gasteiger partial charge in [0.15, 0.2) is 0 Å². The number of aromatic nitrogens is 1. The number of esters is 1. The van der Waals surface area contributed by atoms with E-state index in [1.807, 2.05) is 13.8 Å². The Labute approximate surface area is 184 Å². The quantitative estimate of drug-likeness (QED) is 0.572. The molecule has 1 N–H and O–H groups in total. The van der Waals surface area contributed by atoms with E-state index in [2.05, 4.69) is 5.32 Å². The second-order valence-electron chi connectivity index (χ2n) is 7.08. The third kappa shape index (κ3) is 6.99. The highest BCUT2D eigenvalue weighted by atomic mass is 32.1. The van der Waals surface area contributed by atoms with Gasteiger partial charge < -0.3 is 19.5 Å². The zero-order valence-corrected chi connectivity index (χ0v) is 19.2. The van der Waals surface area contributed by atoms with Gasteiger partial charge in [-0.15, -0.1) is 11.3 Å². The molecule has 0 unspecified atom stereocenters. The Kier molecular flexibility index (Phi) is 8.87. The van der Waals surface area contributed by atoms with Crippen molar-refractivity contribution in [3.8, 4) is 11.5 Å². The van der Waals surface area contributed by atoms with Crippen molar-refractivity contribution in [3.63, 3.8) is 0 Å². The molecule has 0 spiro atoms. The highest BCUT2D eigenvalue weighted by Crippen LogP contribution is 2.22. The molecule has 8 nitrogen and oxygen atoms in total. The lowest BCUT2D eigenvalue weighted by atomic mass is 10.2. The van der Waals surface area contributed by atoms with E-state index in [1.165, 1.54) is 10.6 Å². The first kappa shape index (κ1) is 24.2. The lowest BCUT2D eigenvalue weighted by Gasteiger charge is -2.07. The molecule has 0 atom stereocenters. The number of hydrogen-bond donors (Lipinski definition) is 1. The minimum atomic E-state index is -0.574. The Hall–Kier alpha value is -3.07.